The summed E-state index contributed by atoms with van der Waals surface area (Å²) in [4.78, 5) is 18.5. The molecule has 0 atom stereocenters. The van der Waals surface area contributed by atoms with E-state index in [2.05, 4.69) is 34.6 Å². The molecule has 1 spiro atoms. The van der Waals surface area contributed by atoms with Crippen LogP contribution in [0.15, 0.2) is 42.6 Å². The minimum Gasteiger partial charge on any atom is -0.384 e. The van der Waals surface area contributed by atoms with E-state index in [0.29, 0.717) is 11.4 Å². The molecule has 5 nitrogen and oxygen atoms in total. The molecule has 0 saturated carbocycles. The van der Waals surface area contributed by atoms with E-state index < -0.39 is 0 Å². The summed E-state index contributed by atoms with van der Waals surface area (Å²) in [6.45, 7) is 2.47. The number of pyridine rings is 1. The summed E-state index contributed by atoms with van der Waals surface area (Å²) >= 11 is 0. The van der Waals surface area contributed by atoms with Crippen molar-refractivity contribution in [2.75, 3.05) is 18.8 Å². The van der Waals surface area contributed by atoms with E-state index in [-0.39, 0.29) is 11.4 Å². The van der Waals surface area contributed by atoms with Gasteiger partial charge in [-0.05, 0) is 42.5 Å². The molecule has 0 radical (unpaired) electrons. The highest BCUT2D eigenvalue weighted by atomic mass is 16.2. The van der Waals surface area contributed by atoms with Gasteiger partial charge in [-0.1, -0.05) is 24.3 Å². The Morgan fingerprint density at radius 1 is 1.17 bits per heavy atom. The Morgan fingerprint density at radius 3 is 2.67 bits per heavy atom. The van der Waals surface area contributed by atoms with E-state index in [9.17, 15) is 4.79 Å². The minimum atomic E-state index is 0.0511. The fourth-order valence-corrected chi connectivity index (χ4v) is 3.87. The number of nitrogens with one attached hydrogen (secondary N) is 1. The number of rotatable bonds is 1. The Kier molecular flexibility index (Phi) is 3.73. The molecule has 3 N–H and O–H groups in total. The van der Waals surface area contributed by atoms with Crippen molar-refractivity contribution in [3.8, 4) is 0 Å². The van der Waals surface area contributed by atoms with Gasteiger partial charge in [-0.2, -0.15) is 0 Å². The number of likely N-dealkylation sites (tertiary alicyclic amines) is 1. The van der Waals surface area contributed by atoms with Crippen LogP contribution >= 0.6 is 0 Å². The number of aromatic nitrogens is 1. The molecular weight excluding hydrogens is 300 g/mol. The Bertz CT molecular complexity index is 765. The van der Waals surface area contributed by atoms with Crippen LogP contribution in [0.2, 0.25) is 0 Å². The van der Waals surface area contributed by atoms with Gasteiger partial charge in [-0.25, -0.2) is 4.98 Å². The molecule has 4 rings (SSSR count). The Morgan fingerprint density at radius 2 is 1.92 bits per heavy atom. The first kappa shape index (κ1) is 15.1. The molecule has 0 unspecified atom stereocenters. The highest BCUT2D eigenvalue weighted by Gasteiger charge is 2.38. The number of amides is 1. The van der Waals surface area contributed by atoms with Crippen LogP contribution in [0.25, 0.3) is 0 Å². The number of carbonyl (C=O) groups excluding carboxylic acids is 1. The Hall–Kier alpha value is -2.40. The zero-order valence-corrected chi connectivity index (χ0v) is 13.7. The first-order valence-electron chi connectivity index (χ1n) is 8.48. The molecule has 0 bridgehead atoms. The predicted octanol–water partition coefficient (Wildman–Crippen LogP) is 1.98. The third-order valence-corrected chi connectivity index (χ3v) is 5.34. The van der Waals surface area contributed by atoms with Crippen molar-refractivity contribution in [2.45, 2.75) is 31.3 Å². The second-order valence-corrected chi connectivity index (χ2v) is 6.84. The van der Waals surface area contributed by atoms with Crippen molar-refractivity contribution in [3.63, 3.8) is 0 Å². The molecule has 1 aromatic heterocycles. The molecule has 0 aliphatic carbocycles. The van der Waals surface area contributed by atoms with Gasteiger partial charge in [-0.3, -0.25) is 4.79 Å². The summed E-state index contributed by atoms with van der Waals surface area (Å²) < 4.78 is 0. The summed E-state index contributed by atoms with van der Waals surface area (Å²) in [5.74, 6) is 0.440. The molecule has 1 saturated heterocycles. The normalized spacial score (nSPS) is 19.1. The first-order chi connectivity index (χ1) is 11.7. The zero-order valence-electron chi connectivity index (χ0n) is 13.7. The van der Waals surface area contributed by atoms with E-state index in [1.807, 2.05) is 4.90 Å². The second-order valence-electron chi connectivity index (χ2n) is 6.84. The van der Waals surface area contributed by atoms with Crippen LogP contribution in [0.4, 0.5) is 5.82 Å². The summed E-state index contributed by atoms with van der Waals surface area (Å²) in [6, 6.07) is 12.0. The second kappa shape index (κ2) is 5.91. The molecule has 1 amide bonds. The standard InChI is InChI=1S/C19H22N4O/c20-17-11-14(5-8-21-17)18(24)23-9-6-19(7-10-23)12-15-3-1-2-4-16(15)13-22-19/h1-5,8,11,22H,6-7,9-10,12-13H2,(H2,20,21). The Labute approximate surface area is 141 Å². The summed E-state index contributed by atoms with van der Waals surface area (Å²) in [5, 5.41) is 3.73. The van der Waals surface area contributed by atoms with Gasteiger partial charge in [0.25, 0.3) is 5.91 Å². The van der Waals surface area contributed by atoms with Crippen molar-refractivity contribution in [3.05, 3.63) is 59.3 Å². The quantitative estimate of drug-likeness (QED) is 0.842. The number of nitrogens with two attached hydrogens (primary N) is 1. The number of fused-ring (bicyclic) bond motifs is 1. The smallest absolute Gasteiger partial charge is 0.254 e. The van der Waals surface area contributed by atoms with Crippen molar-refractivity contribution in [2.24, 2.45) is 0 Å². The number of hydrogen-bond acceptors (Lipinski definition) is 4. The zero-order chi connectivity index (χ0) is 16.6. The van der Waals surface area contributed by atoms with Gasteiger partial charge in [0.1, 0.15) is 5.82 Å². The molecule has 2 aliphatic rings. The van der Waals surface area contributed by atoms with E-state index in [0.717, 1.165) is 38.9 Å². The monoisotopic (exact) mass is 322 g/mol. The minimum absolute atomic E-state index is 0.0511. The van der Waals surface area contributed by atoms with Gasteiger partial charge < -0.3 is 16.0 Å². The maximum atomic E-state index is 12.6. The maximum Gasteiger partial charge on any atom is 0.254 e. The molecule has 1 fully saturated rings. The molecule has 1 aromatic carbocycles. The molecule has 5 heteroatoms. The van der Waals surface area contributed by atoms with Crippen LogP contribution in [-0.4, -0.2) is 34.4 Å². The topological polar surface area (TPSA) is 71.2 Å². The molecule has 124 valence electrons. The van der Waals surface area contributed by atoms with Crippen LogP contribution in [0.5, 0.6) is 0 Å². The Balaban J connectivity index is 1.45. The maximum absolute atomic E-state index is 12.6. The number of benzene rings is 1. The first-order valence-corrected chi connectivity index (χ1v) is 8.48. The number of piperidine rings is 1. The highest BCUT2D eigenvalue weighted by Crippen LogP contribution is 2.32. The average Bonchev–Trinajstić information content (AvgIpc) is 2.62. The third-order valence-electron chi connectivity index (χ3n) is 5.34. The van der Waals surface area contributed by atoms with Crippen LogP contribution in [0, 0.1) is 0 Å². The van der Waals surface area contributed by atoms with Gasteiger partial charge in [0, 0.05) is 36.9 Å². The number of carbonyl (C=O) groups is 1. The fraction of sp³-hybridized carbons (Fsp3) is 0.368. The molecule has 2 aromatic rings. The van der Waals surface area contributed by atoms with Crippen molar-refractivity contribution in [1.29, 1.82) is 0 Å². The number of nitrogens with zero attached hydrogens (tertiary/aromatic N) is 2. The van der Waals surface area contributed by atoms with Gasteiger partial charge in [0.2, 0.25) is 0 Å². The molecule has 2 aliphatic heterocycles. The fourth-order valence-electron chi connectivity index (χ4n) is 3.87. The average molecular weight is 322 g/mol. The van der Waals surface area contributed by atoms with Crippen LogP contribution in [0.3, 0.4) is 0 Å². The van der Waals surface area contributed by atoms with Crippen LogP contribution in [0.1, 0.15) is 34.3 Å². The van der Waals surface area contributed by atoms with Crippen molar-refractivity contribution < 1.29 is 4.79 Å². The summed E-state index contributed by atoms with van der Waals surface area (Å²) in [5.41, 5.74) is 9.28. The van der Waals surface area contributed by atoms with E-state index in [4.69, 9.17) is 5.73 Å². The number of anilines is 1. The lowest BCUT2D eigenvalue weighted by Gasteiger charge is -2.45. The van der Waals surface area contributed by atoms with E-state index in [1.165, 1.54) is 11.1 Å². The van der Waals surface area contributed by atoms with Crippen LogP contribution in [-0.2, 0) is 13.0 Å². The lowest BCUT2D eigenvalue weighted by Crippen LogP contribution is -2.57. The third kappa shape index (κ3) is 2.76. The van der Waals surface area contributed by atoms with Gasteiger partial charge in [-0.15, -0.1) is 0 Å². The SMILES string of the molecule is Nc1cc(C(=O)N2CCC3(CC2)Cc2ccccc2CN3)ccn1. The number of hydrogen-bond donors (Lipinski definition) is 2. The van der Waals surface area contributed by atoms with Crippen molar-refractivity contribution >= 4 is 11.7 Å². The lowest BCUT2D eigenvalue weighted by atomic mass is 9.78. The van der Waals surface area contributed by atoms with Crippen LogP contribution < -0.4 is 11.1 Å². The van der Waals surface area contributed by atoms with E-state index >= 15 is 0 Å². The van der Waals surface area contributed by atoms with Gasteiger partial charge in [0.15, 0.2) is 0 Å². The van der Waals surface area contributed by atoms with E-state index in [1.54, 1.807) is 18.3 Å². The van der Waals surface area contributed by atoms with Gasteiger partial charge >= 0.3 is 0 Å². The predicted molar refractivity (Wildman–Crippen MR) is 93.5 cm³/mol. The molecule has 3 heterocycles. The summed E-state index contributed by atoms with van der Waals surface area (Å²) in [7, 11) is 0. The largest absolute Gasteiger partial charge is 0.384 e. The number of nitrogen functional groups attached to an aromatic ring is 1. The lowest BCUT2D eigenvalue weighted by molar-refractivity contribution is 0.0631. The highest BCUT2D eigenvalue weighted by molar-refractivity contribution is 5.94. The molecule has 24 heavy (non-hydrogen) atoms. The molecular formula is C19H22N4O. The van der Waals surface area contributed by atoms with Crippen molar-refractivity contribution in [1.82, 2.24) is 15.2 Å². The summed E-state index contributed by atoms with van der Waals surface area (Å²) in [6.07, 6.45) is 4.60. The van der Waals surface area contributed by atoms with Gasteiger partial charge in [0.05, 0.1) is 0 Å².